The van der Waals surface area contributed by atoms with E-state index >= 15 is 0 Å². The maximum atomic E-state index is 4.31. The molecule has 0 saturated carbocycles. The molecule has 0 saturated heterocycles. The standard InChI is InChI=1S/8C11H11N/c1-8-3-4-10-7-12-9(2)6-11(10)5-8;1-8-3-4-10-6-9(2)12-7-11(10)5-8;1-8-3-4-11-9(2)12-6-5-10(11)7-8;1-8-3-4-10-5-6-12-9(2)11(10)7-8;1-8-4-3-5-10-7-12-9(2)6-11(8)10;1-8-4-3-5-10-6-9(2)12-7-11(8)10;1-8-4-3-5-10-6-7-12-9(2)11(8)10;1-8-9(2)12-7-10-5-3-4-6-11(8)10/h8*3-7H,1-2H3. The highest BCUT2D eigenvalue weighted by Crippen LogP contribution is 2.24. The van der Waals surface area contributed by atoms with Crippen molar-refractivity contribution >= 4 is 86.2 Å². The average molecular weight is 1260 g/mol. The molecule has 16 rings (SSSR count). The maximum absolute atomic E-state index is 4.31. The third kappa shape index (κ3) is 18.7. The van der Waals surface area contributed by atoms with Gasteiger partial charge in [-0.1, -0.05) is 162 Å². The highest BCUT2D eigenvalue weighted by Gasteiger charge is 2.04. The molecule has 0 unspecified atom stereocenters. The number of pyridine rings is 8. The van der Waals surface area contributed by atoms with Crippen LogP contribution in [0.2, 0.25) is 0 Å². The molecule has 16 aromatic rings. The van der Waals surface area contributed by atoms with Crippen LogP contribution in [-0.4, -0.2) is 39.9 Å². The van der Waals surface area contributed by atoms with Crippen LogP contribution in [0.4, 0.5) is 0 Å². The molecule has 480 valence electrons. The number of aryl methyl sites for hydroxylation is 16. The van der Waals surface area contributed by atoms with Gasteiger partial charge < -0.3 is 0 Å². The average Bonchev–Trinajstić information content (AvgIpc) is 1.01. The lowest BCUT2D eigenvalue weighted by Crippen LogP contribution is -1.87. The second-order valence-electron chi connectivity index (χ2n) is 25.0. The third-order valence-electron chi connectivity index (χ3n) is 17.0. The number of benzene rings is 8. The van der Waals surface area contributed by atoms with Gasteiger partial charge in [0.25, 0.3) is 0 Å². The van der Waals surface area contributed by atoms with Crippen molar-refractivity contribution in [1.82, 2.24) is 39.9 Å². The Bertz CT molecular complexity index is 5000. The first-order valence-corrected chi connectivity index (χ1v) is 32.7. The van der Waals surface area contributed by atoms with Gasteiger partial charge in [-0.05, 0) is 231 Å². The van der Waals surface area contributed by atoms with E-state index < -0.39 is 0 Å². The Labute approximate surface area is 567 Å². The zero-order chi connectivity index (χ0) is 68.4. The van der Waals surface area contributed by atoms with Gasteiger partial charge in [-0.3, -0.25) is 39.9 Å². The van der Waals surface area contributed by atoms with E-state index in [9.17, 15) is 0 Å². The summed E-state index contributed by atoms with van der Waals surface area (Å²) < 4.78 is 0. The molecule has 8 aromatic carbocycles. The SMILES string of the molecule is Cc1cc2c(C)cccc2cn1.Cc1cc2cccc(C)c2cn1.Cc1ccc2c(C)nccc2c1.Cc1ccc2cc(C)ncc2c1.Cc1ccc2ccnc(C)c2c1.Cc1ccc2cnc(C)cc2c1.Cc1cccc2ccnc(C)c12.Cc1ncc2ccccc2c1C. The van der Waals surface area contributed by atoms with Crippen molar-refractivity contribution in [1.29, 1.82) is 0 Å². The van der Waals surface area contributed by atoms with E-state index in [1.807, 2.05) is 110 Å². The van der Waals surface area contributed by atoms with Crippen LogP contribution >= 0.6 is 0 Å². The van der Waals surface area contributed by atoms with Crippen LogP contribution in [0.5, 0.6) is 0 Å². The molecular weight excluding hydrogens is 1170 g/mol. The summed E-state index contributed by atoms with van der Waals surface area (Å²) in [5, 5.41) is 20.2. The van der Waals surface area contributed by atoms with Gasteiger partial charge in [-0.25, -0.2) is 0 Å². The van der Waals surface area contributed by atoms with E-state index in [4.69, 9.17) is 0 Å². The molecule has 0 N–H and O–H groups in total. The van der Waals surface area contributed by atoms with E-state index in [2.05, 4.69) is 284 Å². The molecule has 0 bridgehead atoms. The summed E-state index contributed by atoms with van der Waals surface area (Å²) in [6, 6.07) is 67.6. The monoisotopic (exact) mass is 1260 g/mol. The van der Waals surface area contributed by atoms with Crippen LogP contribution in [0.25, 0.3) is 86.2 Å². The van der Waals surface area contributed by atoms with E-state index in [1.165, 1.54) is 131 Å². The van der Waals surface area contributed by atoms with Crippen LogP contribution < -0.4 is 0 Å². The predicted octanol–water partition coefficient (Wildman–Crippen LogP) is 22.8. The number of nitrogens with zero attached hydrogens (tertiary/aromatic N) is 8. The highest BCUT2D eigenvalue weighted by molar-refractivity contribution is 5.90. The fourth-order valence-electron chi connectivity index (χ4n) is 11.5. The van der Waals surface area contributed by atoms with Gasteiger partial charge in [0.2, 0.25) is 0 Å². The molecule has 0 aliphatic rings. The molecule has 0 aliphatic carbocycles. The molecule has 0 radical (unpaired) electrons. The number of aromatic nitrogens is 8. The summed E-state index contributed by atoms with van der Waals surface area (Å²) in [6.07, 6.45) is 15.2. The van der Waals surface area contributed by atoms with E-state index in [0.717, 1.165) is 45.6 Å². The van der Waals surface area contributed by atoms with Crippen molar-refractivity contribution in [3.8, 4) is 0 Å². The first-order valence-electron chi connectivity index (χ1n) is 32.7. The molecule has 8 heterocycles. The first-order chi connectivity index (χ1) is 46.2. The van der Waals surface area contributed by atoms with Crippen LogP contribution in [0.1, 0.15) is 90.1 Å². The van der Waals surface area contributed by atoms with Crippen molar-refractivity contribution in [3.05, 3.63) is 334 Å². The molecular formula is C88H88N8. The van der Waals surface area contributed by atoms with Crippen molar-refractivity contribution in [2.24, 2.45) is 0 Å². The van der Waals surface area contributed by atoms with Crippen molar-refractivity contribution < 1.29 is 0 Å². The molecule has 0 amide bonds. The van der Waals surface area contributed by atoms with Gasteiger partial charge in [-0.15, -0.1) is 0 Å². The zero-order valence-electron chi connectivity index (χ0n) is 58.7. The minimum absolute atomic E-state index is 1.08. The molecule has 0 atom stereocenters. The Morgan fingerprint density at radius 3 is 1.30 bits per heavy atom. The summed E-state index contributed by atoms with van der Waals surface area (Å²) in [6.45, 7) is 33.1. The summed E-state index contributed by atoms with van der Waals surface area (Å²) in [5.74, 6) is 0. The van der Waals surface area contributed by atoms with E-state index in [0.29, 0.717) is 0 Å². The quantitative estimate of drug-likeness (QED) is 0.148. The van der Waals surface area contributed by atoms with Gasteiger partial charge in [0.1, 0.15) is 0 Å². The summed E-state index contributed by atoms with van der Waals surface area (Å²) in [4.78, 5) is 34.1. The Balaban J connectivity index is 0.000000129. The minimum atomic E-state index is 1.08. The van der Waals surface area contributed by atoms with Crippen molar-refractivity contribution in [3.63, 3.8) is 0 Å². The van der Waals surface area contributed by atoms with Gasteiger partial charge in [0, 0.05) is 138 Å². The maximum Gasteiger partial charge on any atom is 0.0453 e. The van der Waals surface area contributed by atoms with Crippen molar-refractivity contribution in [2.75, 3.05) is 0 Å². The fourth-order valence-corrected chi connectivity index (χ4v) is 11.5. The van der Waals surface area contributed by atoms with Crippen LogP contribution in [0.15, 0.2) is 244 Å². The lowest BCUT2D eigenvalue weighted by atomic mass is 10.1. The number of rotatable bonds is 0. The Morgan fingerprint density at radius 1 is 0.198 bits per heavy atom. The third-order valence-corrected chi connectivity index (χ3v) is 17.0. The zero-order valence-corrected chi connectivity index (χ0v) is 58.7. The molecule has 0 spiro atoms. The van der Waals surface area contributed by atoms with Gasteiger partial charge >= 0.3 is 0 Å². The highest BCUT2D eigenvalue weighted by atomic mass is 14.7. The van der Waals surface area contributed by atoms with Crippen LogP contribution in [0, 0.1) is 111 Å². The minimum Gasteiger partial charge on any atom is -0.261 e. The van der Waals surface area contributed by atoms with Gasteiger partial charge in [0.05, 0.1) is 0 Å². The molecule has 8 heteroatoms. The predicted molar refractivity (Wildman–Crippen MR) is 410 cm³/mol. The van der Waals surface area contributed by atoms with Crippen molar-refractivity contribution in [2.45, 2.75) is 111 Å². The lowest BCUT2D eigenvalue weighted by Gasteiger charge is -2.03. The number of fused-ring (bicyclic) bond motifs is 8. The molecule has 8 nitrogen and oxygen atoms in total. The smallest absolute Gasteiger partial charge is 0.0453 e. The molecule has 0 aliphatic heterocycles. The second-order valence-corrected chi connectivity index (χ2v) is 25.0. The Morgan fingerprint density at radius 2 is 0.625 bits per heavy atom. The first kappa shape index (κ1) is 69.4. The number of hydrogen-bond acceptors (Lipinski definition) is 8. The van der Waals surface area contributed by atoms with Gasteiger partial charge in [-0.2, -0.15) is 0 Å². The van der Waals surface area contributed by atoms with Gasteiger partial charge in [0.15, 0.2) is 0 Å². The summed E-state index contributed by atoms with van der Waals surface area (Å²) in [5.41, 5.74) is 19.1. The summed E-state index contributed by atoms with van der Waals surface area (Å²) >= 11 is 0. The Hall–Kier alpha value is -11.0. The van der Waals surface area contributed by atoms with Crippen LogP contribution in [0.3, 0.4) is 0 Å². The van der Waals surface area contributed by atoms with E-state index in [-0.39, 0.29) is 0 Å². The number of hydrogen-bond donors (Lipinski definition) is 0. The Kier molecular flexibility index (Phi) is 23.7. The normalized spacial score (nSPS) is 10.5. The summed E-state index contributed by atoms with van der Waals surface area (Å²) in [7, 11) is 0. The van der Waals surface area contributed by atoms with Crippen LogP contribution in [-0.2, 0) is 0 Å². The largest absolute Gasteiger partial charge is 0.261 e. The van der Waals surface area contributed by atoms with E-state index in [1.54, 1.807) is 0 Å². The lowest BCUT2D eigenvalue weighted by molar-refractivity contribution is 1.18. The molecule has 0 fully saturated rings. The fraction of sp³-hybridized carbons (Fsp3) is 0.182. The topological polar surface area (TPSA) is 103 Å². The second kappa shape index (κ2) is 32.7. The molecule has 8 aromatic heterocycles. The molecule has 96 heavy (non-hydrogen) atoms.